The van der Waals surface area contributed by atoms with E-state index in [0.717, 1.165) is 0 Å². The fourth-order valence-electron chi connectivity index (χ4n) is 1.75. The van der Waals surface area contributed by atoms with E-state index in [2.05, 4.69) is 15.0 Å². The van der Waals surface area contributed by atoms with Crippen LogP contribution in [0.25, 0.3) is 0 Å². The smallest absolute Gasteiger partial charge is 0.322 e. The molecule has 0 saturated carbocycles. The lowest BCUT2D eigenvalue weighted by Gasteiger charge is -2.28. The SMILES string of the molecule is COCCN(c1nc(Cl)nc(OC(C)C)n1)C(C)COC. The lowest BCUT2D eigenvalue weighted by atomic mass is 10.3. The average Bonchev–Trinajstić information content (AvgIpc) is 2.38. The Bertz CT molecular complexity index is 434. The second-order valence-electron chi connectivity index (χ2n) is 4.84. The normalized spacial score (nSPS) is 12.5. The molecule has 0 amide bonds. The van der Waals surface area contributed by atoms with Crippen molar-refractivity contribution in [2.45, 2.75) is 32.9 Å². The fourth-order valence-corrected chi connectivity index (χ4v) is 1.90. The second-order valence-corrected chi connectivity index (χ2v) is 5.18. The zero-order chi connectivity index (χ0) is 15.8. The summed E-state index contributed by atoms with van der Waals surface area (Å²) in [6.07, 6.45) is -0.0415. The lowest BCUT2D eigenvalue weighted by molar-refractivity contribution is 0.169. The molecule has 21 heavy (non-hydrogen) atoms. The van der Waals surface area contributed by atoms with E-state index in [0.29, 0.717) is 25.7 Å². The van der Waals surface area contributed by atoms with Crippen LogP contribution in [0.2, 0.25) is 5.28 Å². The maximum absolute atomic E-state index is 5.96. The van der Waals surface area contributed by atoms with Crippen LogP contribution in [0.1, 0.15) is 20.8 Å². The molecule has 1 atom stereocenters. The average molecular weight is 319 g/mol. The molecule has 0 bridgehead atoms. The Morgan fingerprint density at radius 2 is 1.81 bits per heavy atom. The molecule has 7 nitrogen and oxygen atoms in total. The molecule has 0 aromatic carbocycles. The Kier molecular flexibility index (Phi) is 7.63. The van der Waals surface area contributed by atoms with E-state index in [1.165, 1.54) is 0 Å². The molecule has 1 aromatic rings. The van der Waals surface area contributed by atoms with E-state index in [4.69, 9.17) is 25.8 Å². The maximum Gasteiger partial charge on any atom is 0.322 e. The number of halogens is 1. The van der Waals surface area contributed by atoms with Crippen LogP contribution in [0.15, 0.2) is 0 Å². The third-order valence-electron chi connectivity index (χ3n) is 2.65. The van der Waals surface area contributed by atoms with E-state index < -0.39 is 0 Å². The van der Waals surface area contributed by atoms with Crippen LogP contribution in [0.3, 0.4) is 0 Å². The third-order valence-corrected chi connectivity index (χ3v) is 2.82. The minimum Gasteiger partial charge on any atom is -0.461 e. The standard InChI is InChI=1S/C13H23ClN4O3/c1-9(2)21-13-16-11(14)15-12(17-13)18(6-7-19-4)10(3)8-20-5/h9-10H,6-8H2,1-5H3. The molecule has 0 aliphatic carbocycles. The van der Waals surface area contributed by atoms with Gasteiger partial charge >= 0.3 is 6.01 Å². The second kappa shape index (κ2) is 8.96. The van der Waals surface area contributed by atoms with Crippen molar-refractivity contribution >= 4 is 17.5 Å². The first-order valence-electron chi connectivity index (χ1n) is 6.80. The molecule has 1 rings (SSSR count). The first kappa shape index (κ1) is 17.9. The predicted octanol–water partition coefficient (Wildman–Crippen LogP) is 1.80. The molecule has 1 unspecified atom stereocenters. The molecule has 1 heterocycles. The van der Waals surface area contributed by atoms with Gasteiger partial charge in [-0.1, -0.05) is 0 Å². The monoisotopic (exact) mass is 318 g/mol. The summed E-state index contributed by atoms with van der Waals surface area (Å²) in [5.41, 5.74) is 0. The van der Waals surface area contributed by atoms with Crippen LogP contribution < -0.4 is 9.64 Å². The Hall–Kier alpha value is -1.18. The minimum absolute atomic E-state index is 0.0415. The highest BCUT2D eigenvalue weighted by Gasteiger charge is 2.19. The van der Waals surface area contributed by atoms with E-state index in [-0.39, 0.29) is 23.4 Å². The van der Waals surface area contributed by atoms with Crippen molar-refractivity contribution in [2.75, 3.05) is 38.9 Å². The summed E-state index contributed by atoms with van der Waals surface area (Å²) in [5.74, 6) is 0.451. The summed E-state index contributed by atoms with van der Waals surface area (Å²) in [5, 5.41) is 0.0997. The maximum atomic E-state index is 5.96. The summed E-state index contributed by atoms with van der Waals surface area (Å²) in [6, 6.07) is 0.280. The van der Waals surface area contributed by atoms with Gasteiger partial charge in [-0.25, -0.2) is 0 Å². The van der Waals surface area contributed by atoms with Gasteiger partial charge in [0.25, 0.3) is 0 Å². The molecule has 0 aliphatic rings. The zero-order valence-electron chi connectivity index (χ0n) is 13.2. The molecule has 1 aromatic heterocycles. The van der Waals surface area contributed by atoms with Crippen molar-refractivity contribution in [3.05, 3.63) is 5.28 Å². The molecule has 120 valence electrons. The van der Waals surface area contributed by atoms with Gasteiger partial charge in [0.15, 0.2) is 0 Å². The van der Waals surface area contributed by atoms with Crippen molar-refractivity contribution in [1.29, 1.82) is 0 Å². The summed E-state index contributed by atoms with van der Waals surface area (Å²) in [7, 11) is 3.30. The van der Waals surface area contributed by atoms with E-state index in [1.54, 1.807) is 14.2 Å². The van der Waals surface area contributed by atoms with Crippen LogP contribution in [0.5, 0.6) is 6.01 Å². The van der Waals surface area contributed by atoms with Crippen molar-refractivity contribution in [2.24, 2.45) is 0 Å². The van der Waals surface area contributed by atoms with Crippen molar-refractivity contribution in [3.8, 4) is 6.01 Å². The number of rotatable bonds is 9. The fraction of sp³-hybridized carbons (Fsp3) is 0.769. The third kappa shape index (κ3) is 5.99. The molecule has 0 radical (unpaired) electrons. The van der Waals surface area contributed by atoms with Crippen LogP contribution in [-0.4, -0.2) is 61.1 Å². The Labute approximate surface area is 130 Å². The minimum atomic E-state index is -0.0415. The number of hydrogen-bond donors (Lipinski definition) is 0. The quantitative estimate of drug-likeness (QED) is 0.687. The highest BCUT2D eigenvalue weighted by molar-refractivity contribution is 6.28. The van der Waals surface area contributed by atoms with Gasteiger partial charge < -0.3 is 19.1 Å². The van der Waals surface area contributed by atoms with E-state index in [9.17, 15) is 0 Å². The first-order chi connectivity index (χ1) is 9.97. The topological polar surface area (TPSA) is 69.6 Å². The van der Waals surface area contributed by atoms with E-state index >= 15 is 0 Å². The molecular formula is C13H23ClN4O3. The predicted molar refractivity (Wildman–Crippen MR) is 81.2 cm³/mol. The van der Waals surface area contributed by atoms with Crippen molar-refractivity contribution < 1.29 is 14.2 Å². The van der Waals surface area contributed by atoms with Gasteiger partial charge in [-0.2, -0.15) is 15.0 Å². The largest absolute Gasteiger partial charge is 0.461 e. The van der Waals surface area contributed by atoms with E-state index in [1.807, 2.05) is 25.7 Å². The number of hydrogen-bond acceptors (Lipinski definition) is 7. The molecule has 0 saturated heterocycles. The van der Waals surface area contributed by atoms with Gasteiger partial charge in [0.1, 0.15) is 0 Å². The van der Waals surface area contributed by atoms with Crippen LogP contribution in [-0.2, 0) is 9.47 Å². The highest BCUT2D eigenvalue weighted by Crippen LogP contribution is 2.18. The van der Waals surface area contributed by atoms with Crippen molar-refractivity contribution in [3.63, 3.8) is 0 Å². The summed E-state index contributed by atoms with van der Waals surface area (Å²) < 4.78 is 15.8. The number of aromatic nitrogens is 3. The molecule has 0 fully saturated rings. The summed E-state index contributed by atoms with van der Waals surface area (Å²) in [6.45, 7) is 7.49. The van der Waals surface area contributed by atoms with Crippen LogP contribution >= 0.6 is 11.6 Å². The highest BCUT2D eigenvalue weighted by atomic mass is 35.5. The van der Waals surface area contributed by atoms with Gasteiger partial charge in [0.05, 0.1) is 25.4 Å². The number of methoxy groups -OCH3 is 2. The van der Waals surface area contributed by atoms with Gasteiger partial charge in [-0.15, -0.1) is 0 Å². The first-order valence-corrected chi connectivity index (χ1v) is 7.18. The lowest BCUT2D eigenvalue weighted by Crippen LogP contribution is -2.40. The zero-order valence-corrected chi connectivity index (χ0v) is 13.9. The Balaban J connectivity index is 3.01. The van der Waals surface area contributed by atoms with Gasteiger partial charge in [-0.05, 0) is 32.4 Å². The Morgan fingerprint density at radius 3 is 2.38 bits per heavy atom. The number of ether oxygens (including phenoxy) is 3. The van der Waals surface area contributed by atoms with Crippen LogP contribution in [0, 0.1) is 0 Å². The molecule has 0 N–H and O–H groups in total. The summed E-state index contributed by atoms with van der Waals surface area (Å²) >= 11 is 5.96. The molecule has 0 aliphatic heterocycles. The molecule has 0 spiro atoms. The number of anilines is 1. The van der Waals surface area contributed by atoms with Gasteiger partial charge in [0.2, 0.25) is 11.2 Å². The summed E-state index contributed by atoms with van der Waals surface area (Å²) in [4.78, 5) is 14.4. The van der Waals surface area contributed by atoms with Gasteiger partial charge in [0, 0.05) is 20.8 Å². The van der Waals surface area contributed by atoms with Crippen LogP contribution in [0.4, 0.5) is 5.95 Å². The Morgan fingerprint density at radius 1 is 1.10 bits per heavy atom. The molecular weight excluding hydrogens is 296 g/mol. The number of nitrogens with zero attached hydrogens (tertiary/aromatic N) is 4. The van der Waals surface area contributed by atoms with Crippen molar-refractivity contribution in [1.82, 2.24) is 15.0 Å². The van der Waals surface area contributed by atoms with Gasteiger partial charge in [-0.3, -0.25) is 0 Å². The molecule has 8 heteroatoms.